The average Bonchev–Trinajstić information content (AvgIpc) is 2.93. The molecule has 4 nitrogen and oxygen atoms in total. The molecule has 0 aromatic heterocycles. The number of hydrogen-bond acceptors (Lipinski definition) is 4. The van der Waals surface area contributed by atoms with Gasteiger partial charge in [-0.1, -0.05) is 11.6 Å². The summed E-state index contributed by atoms with van der Waals surface area (Å²) in [5.41, 5.74) is 0.973. The Morgan fingerprint density at radius 3 is 2.47 bits per heavy atom. The highest BCUT2D eigenvalue weighted by molar-refractivity contribution is 6.31. The van der Waals surface area contributed by atoms with E-state index in [1.54, 1.807) is 27.4 Å². The molecule has 1 saturated heterocycles. The molecule has 19 heavy (non-hydrogen) atoms. The lowest BCUT2D eigenvalue weighted by atomic mass is 10.0. The second-order valence-corrected chi connectivity index (χ2v) is 5.01. The molecule has 1 unspecified atom stereocenters. The van der Waals surface area contributed by atoms with E-state index in [0.29, 0.717) is 28.3 Å². The van der Waals surface area contributed by atoms with Crippen LogP contribution in [0.15, 0.2) is 6.07 Å². The molecular formula is C14H20ClNO3. The first-order valence-electron chi connectivity index (χ1n) is 6.42. The molecule has 1 aromatic carbocycles. The number of hydrogen-bond donors (Lipinski definition) is 1. The van der Waals surface area contributed by atoms with E-state index < -0.39 is 0 Å². The quantitative estimate of drug-likeness (QED) is 0.903. The van der Waals surface area contributed by atoms with Crippen LogP contribution in [-0.4, -0.2) is 33.9 Å². The summed E-state index contributed by atoms with van der Waals surface area (Å²) in [6.45, 7) is 1.07. The van der Waals surface area contributed by atoms with Gasteiger partial charge in [-0.3, -0.25) is 0 Å². The minimum Gasteiger partial charge on any atom is -0.493 e. The fourth-order valence-corrected chi connectivity index (χ4v) is 2.82. The highest BCUT2D eigenvalue weighted by atomic mass is 35.5. The minimum absolute atomic E-state index is 0.449. The van der Waals surface area contributed by atoms with Crippen LogP contribution < -0.4 is 19.5 Å². The molecule has 0 spiro atoms. The number of halogens is 1. The highest BCUT2D eigenvalue weighted by Gasteiger charge is 2.23. The zero-order valence-corrected chi connectivity index (χ0v) is 12.3. The van der Waals surface area contributed by atoms with Crippen LogP contribution in [0, 0.1) is 0 Å². The molecule has 1 atom stereocenters. The summed E-state index contributed by atoms with van der Waals surface area (Å²) in [4.78, 5) is 0. The maximum Gasteiger partial charge on any atom is 0.203 e. The second kappa shape index (κ2) is 6.35. The van der Waals surface area contributed by atoms with Gasteiger partial charge in [-0.2, -0.15) is 0 Å². The molecule has 0 saturated carbocycles. The summed E-state index contributed by atoms with van der Waals surface area (Å²) < 4.78 is 16.2. The van der Waals surface area contributed by atoms with Crippen LogP contribution in [0.5, 0.6) is 17.2 Å². The summed E-state index contributed by atoms with van der Waals surface area (Å²) in [6, 6.07) is 2.23. The molecule has 0 radical (unpaired) electrons. The van der Waals surface area contributed by atoms with E-state index in [1.807, 2.05) is 0 Å². The minimum atomic E-state index is 0.449. The van der Waals surface area contributed by atoms with Gasteiger partial charge in [0, 0.05) is 17.7 Å². The van der Waals surface area contributed by atoms with Crippen LogP contribution in [0.3, 0.4) is 0 Å². The predicted molar refractivity (Wildman–Crippen MR) is 75.8 cm³/mol. The summed E-state index contributed by atoms with van der Waals surface area (Å²) in [7, 11) is 4.82. The Bertz CT molecular complexity index is 445. The van der Waals surface area contributed by atoms with E-state index in [-0.39, 0.29) is 0 Å². The smallest absolute Gasteiger partial charge is 0.203 e. The van der Waals surface area contributed by atoms with E-state index in [9.17, 15) is 0 Å². The van der Waals surface area contributed by atoms with Gasteiger partial charge in [0.2, 0.25) is 5.75 Å². The van der Waals surface area contributed by atoms with Crippen LogP contribution in [0.4, 0.5) is 0 Å². The lowest BCUT2D eigenvalue weighted by molar-refractivity contribution is 0.321. The van der Waals surface area contributed by atoms with Crippen molar-refractivity contribution in [1.82, 2.24) is 5.32 Å². The maximum absolute atomic E-state index is 6.36. The van der Waals surface area contributed by atoms with Gasteiger partial charge in [0.05, 0.1) is 26.4 Å². The van der Waals surface area contributed by atoms with Crippen molar-refractivity contribution in [3.8, 4) is 17.2 Å². The van der Waals surface area contributed by atoms with Crippen molar-refractivity contribution in [1.29, 1.82) is 0 Å². The predicted octanol–water partition coefficient (Wildman–Crippen LogP) is 2.66. The summed E-state index contributed by atoms with van der Waals surface area (Å²) >= 11 is 6.36. The van der Waals surface area contributed by atoms with Crippen molar-refractivity contribution < 1.29 is 14.2 Å². The molecule has 106 valence electrons. The van der Waals surface area contributed by atoms with Gasteiger partial charge in [0.25, 0.3) is 0 Å². The highest BCUT2D eigenvalue weighted by Crippen LogP contribution is 2.44. The fourth-order valence-electron chi connectivity index (χ4n) is 2.55. The Morgan fingerprint density at radius 1 is 1.21 bits per heavy atom. The molecule has 0 bridgehead atoms. The van der Waals surface area contributed by atoms with Gasteiger partial charge in [-0.15, -0.1) is 0 Å². The van der Waals surface area contributed by atoms with E-state index in [1.165, 1.54) is 6.42 Å². The van der Waals surface area contributed by atoms with Crippen molar-refractivity contribution in [3.05, 3.63) is 16.7 Å². The van der Waals surface area contributed by atoms with Crippen molar-refractivity contribution in [2.24, 2.45) is 0 Å². The van der Waals surface area contributed by atoms with Crippen LogP contribution >= 0.6 is 11.6 Å². The van der Waals surface area contributed by atoms with Crippen LogP contribution in [0.2, 0.25) is 5.02 Å². The topological polar surface area (TPSA) is 39.7 Å². The lowest BCUT2D eigenvalue weighted by Crippen LogP contribution is -2.24. The molecule has 2 rings (SSSR count). The number of methoxy groups -OCH3 is 3. The van der Waals surface area contributed by atoms with E-state index in [0.717, 1.165) is 24.9 Å². The first-order valence-corrected chi connectivity index (χ1v) is 6.79. The molecular weight excluding hydrogens is 266 g/mol. The third kappa shape index (κ3) is 2.90. The third-order valence-electron chi connectivity index (χ3n) is 3.49. The lowest BCUT2D eigenvalue weighted by Gasteiger charge is -2.19. The van der Waals surface area contributed by atoms with Crippen LogP contribution in [0.25, 0.3) is 0 Å². The van der Waals surface area contributed by atoms with E-state index >= 15 is 0 Å². The second-order valence-electron chi connectivity index (χ2n) is 4.60. The number of benzene rings is 1. The molecule has 1 aromatic rings. The van der Waals surface area contributed by atoms with Gasteiger partial charge >= 0.3 is 0 Å². The average molecular weight is 286 g/mol. The van der Waals surface area contributed by atoms with Gasteiger partial charge in [0.15, 0.2) is 11.5 Å². The van der Waals surface area contributed by atoms with Crippen molar-refractivity contribution in [2.75, 3.05) is 27.9 Å². The van der Waals surface area contributed by atoms with Crippen molar-refractivity contribution in [2.45, 2.75) is 25.3 Å². The molecule has 0 aliphatic carbocycles. The molecule has 1 N–H and O–H groups in total. The van der Waals surface area contributed by atoms with Gasteiger partial charge in [-0.05, 0) is 25.8 Å². The molecule has 0 amide bonds. The normalized spacial score (nSPS) is 18.4. The summed E-state index contributed by atoms with van der Waals surface area (Å²) in [5.74, 6) is 1.86. The van der Waals surface area contributed by atoms with Crippen LogP contribution in [-0.2, 0) is 6.42 Å². The Kier molecular flexibility index (Phi) is 4.77. The SMILES string of the molecule is COc1cc(Cl)c(CC2CCCN2)c(OC)c1OC. The summed E-state index contributed by atoms with van der Waals surface area (Å²) in [5, 5.41) is 4.12. The van der Waals surface area contributed by atoms with E-state index in [2.05, 4.69) is 5.32 Å². The summed E-state index contributed by atoms with van der Waals surface area (Å²) in [6.07, 6.45) is 3.20. The fraction of sp³-hybridized carbons (Fsp3) is 0.571. The number of nitrogens with one attached hydrogen (secondary N) is 1. The number of rotatable bonds is 5. The Hall–Kier alpha value is -1.13. The zero-order valence-electron chi connectivity index (χ0n) is 11.6. The van der Waals surface area contributed by atoms with Crippen molar-refractivity contribution in [3.63, 3.8) is 0 Å². The number of ether oxygens (including phenoxy) is 3. The van der Waals surface area contributed by atoms with Gasteiger partial charge in [0.1, 0.15) is 0 Å². The molecule has 1 aliphatic rings. The zero-order chi connectivity index (χ0) is 13.8. The van der Waals surface area contributed by atoms with Gasteiger partial charge < -0.3 is 19.5 Å². The molecule has 5 heteroatoms. The molecule has 1 aliphatic heterocycles. The standard InChI is InChI=1S/C14H20ClNO3/c1-17-12-8-11(15)10(7-9-5-4-6-16-9)13(18-2)14(12)19-3/h8-9,16H,4-7H2,1-3H3. The first kappa shape index (κ1) is 14.3. The van der Waals surface area contributed by atoms with E-state index in [4.69, 9.17) is 25.8 Å². The largest absolute Gasteiger partial charge is 0.493 e. The monoisotopic (exact) mass is 285 g/mol. The molecule has 1 heterocycles. The Balaban J connectivity index is 2.39. The Labute approximate surface area is 119 Å². The maximum atomic E-state index is 6.36. The third-order valence-corrected chi connectivity index (χ3v) is 3.83. The van der Waals surface area contributed by atoms with Crippen molar-refractivity contribution >= 4 is 11.6 Å². The van der Waals surface area contributed by atoms with Gasteiger partial charge in [-0.25, -0.2) is 0 Å². The van der Waals surface area contributed by atoms with Crippen LogP contribution in [0.1, 0.15) is 18.4 Å². The molecule has 1 fully saturated rings. The first-order chi connectivity index (χ1) is 9.21. The Morgan fingerprint density at radius 2 is 1.95 bits per heavy atom.